The fraction of sp³-hybridized carbons (Fsp3) is 0.542. The number of ether oxygens (including phenoxy) is 2. The summed E-state index contributed by atoms with van der Waals surface area (Å²) in [4.78, 5) is 61.3. The second kappa shape index (κ2) is 15.7. The Morgan fingerprint density at radius 2 is 1.56 bits per heavy atom. The number of alkyl carbamates (subject to hydrolysis) is 1. The molecule has 1 rings (SSSR count). The van der Waals surface area contributed by atoms with Gasteiger partial charge in [0.1, 0.15) is 24.2 Å². The van der Waals surface area contributed by atoms with Crippen LogP contribution < -0.4 is 21.3 Å². The minimum absolute atomic E-state index is 0.170. The lowest BCUT2D eigenvalue weighted by Crippen LogP contribution is -2.54. The van der Waals surface area contributed by atoms with Gasteiger partial charge in [0, 0.05) is 6.42 Å². The topological polar surface area (TPSA) is 152 Å². The molecule has 0 spiro atoms. The number of esters is 1. The van der Waals surface area contributed by atoms with Crippen molar-refractivity contribution >= 4 is 41.5 Å². The number of hydrogen-bond donors (Lipinski definition) is 4. The summed E-state index contributed by atoms with van der Waals surface area (Å²) >= 11 is 1.52. The van der Waals surface area contributed by atoms with E-state index in [9.17, 15) is 24.0 Å². The number of rotatable bonds is 13. The minimum Gasteiger partial charge on any atom is -0.467 e. The Morgan fingerprint density at radius 1 is 0.917 bits per heavy atom. The van der Waals surface area contributed by atoms with E-state index < -0.39 is 54.0 Å². The summed E-state index contributed by atoms with van der Waals surface area (Å²) < 4.78 is 9.83. The number of methoxy groups -OCH3 is 1. The number of thioether (sulfide) groups is 1. The summed E-state index contributed by atoms with van der Waals surface area (Å²) in [6.07, 6.45) is 1.66. The molecular weight excluding hydrogens is 488 g/mol. The van der Waals surface area contributed by atoms with Crippen molar-refractivity contribution in [1.29, 1.82) is 0 Å². The van der Waals surface area contributed by atoms with Crippen molar-refractivity contribution in [2.45, 2.75) is 51.3 Å². The van der Waals surface area contributed by atoms with Gasteiger partial charge >= 0.3 is 12.1 Å². The van der Waals surface area contributed by atoms with Gasteiger partial charge in [-0.05, 0) is 44.8 Å². The lowest BCUT2D eigenvalue weighted by Gasteiger charge is -2.22. The van der Waals surface area contributed by atoms with Gasteiger partial charge in [-0.2, -0.15) is 11.8 Å². The minimum atomic E-state index is -1.00. The molecule has 1 aromatic rings. The normalized spacial score (nSPS) is 12.5. The Kier molecular flexibility index (Phi) is 13.4. The van der Waals surface area contributed by atoms with Crippen LogP contribution in [0.15, 0.2) is 30.3 Å². The van der Waals surface area contributed by atoms with Crippen molar-refractivity contribution < 1.29 is 33.4 Å². The van der Waals surface area contributed by atoms with Crippen LogP contribution in [0.2, 0.25) is 0 Å². The smallest absolute Gasteiger partial charge is 0.408 e. The number of carbonyl (C=O) groups is 5. The molecule has 200 valence electrons. The molecule has 1 aromatic carbocycles. The molecule has 0 aliphatic carbocycles. The standard InChI is InChI=1S/C24H36N4O7S/c1-24(2,3)35-23(33)26-14-19(29)25-15-20(30)27-18(13-16-9-7-6-8-10-16)21(31)28-17(11-12-36-5)22(32)34-4/h6-10,17-18H,11-15H2,1-5H3,(H,25,29)(H,26,33)(H,27,30)(H,28,31). The van der Waals surface area contributed by atoms with Crippen molar-refractivity contribution in [2.24, 2.45) is 0 Å². The molecule has 0 bridgehead atoms. The molecule has 2 unspecified atom stereocenters. The molecule has 2 atom stereocenters. The van der Waals surface area contributed by atoms with E-state index in [2.05, 4.69) is 21.3 Å². The molecule has 0 aliphatic rings. The first-order chi connectivity index (χ1) is 16.9. The van der Waals surface area contributed by atoms with Crippen LogP contribution in [-0.2, 0) is 35.1 Å². The quantitative estimate of drug-likeness (QED) is 0.276. The molecule has 0 aromatic heterocycles. The Labute approximate surface area is 215 Å². The van der Waals surface area contributed by atoms with Crippen LogP contribution in [0.1, 0.15) is 32.8 Å². The molecule has 0 heterocycles. The highest BCUT2D eigenvalue weighted by molar-refractivity contribution is 7.98. The van der Waals surface area contributed by atoms with E-state index in [-0.39, 0.29) is 13.0 Å². The maximum Gasteiger partial charge on any atom is 0.408 e. The van der Waals surface area contributed by atoms with Gasteiger partial charge in [0.25, 0.3) is 0 Å². The Balaban J connectivity index is 2.74. The van der Waals surface area contributed by atoms with E-state index in [4.69, 9.17) is 9.47 Å². The molecule has 12 heteroatoms. The number of nitrogens with one attached hydrogen (secondary N) is 4. The maximum absolute atomic E-state index is 13.0. The molecule has 0 aliphatic heterocycles. The molecular formula is C24H36N4O7S. The summed E-state index contributed by atoms with van der Waals surface area (Å²) in [5.74, 6) is -1.73. The number of benzene rings is 1. The molecule has 0 saturated carbocycles. The van der Waals surface area contributed by atoms with Crippen molar-refractivity contribution in [3.63, 3.8) is 0 Å². The first-order valence-corrected chi connectivity index (χ1v) is 12.8. The van der Waals surface area contributed by atoms with Crippen molar-refractivity contribution in [2.75, 3.05) is 32.2 Å². The van der Waals surface area contributed by atoms with Gasteiger partial charge in [0.2, 0.25) is 17.7 Å². The summed E-state index contributed by atoms with van der Waals surface area (Å²) in [7, 11) is 1.24. The number of carbonyl (C=O) groups excluding carboxylic acids is 5. The summed E-state index contributed by atoms with van der Waals surface area (Å²) in [6.45, 7) is 4.27. The van der Waals surface area contributed by atoms with Crippen LogP contribution in [0.3, 0.4) is 0 Å². The predicted octanol–water partition coefficient (Wildman–Crippen LogP) is 0.766. The first-order valence-electron chi connectivity index (χ1n) is 11.4. The molecule has 0 fully saturated rings. The van der Waals surface area contributed by atoms with Gasteiger partial charge in [-0.3, -0.25) is 14.4 Å². The van der Waals surface area contributed by atoms with Crippen LogP contribution in [0.4, 0.5) is 4.79 Å². The van der Waals surface area contributed by atoms with Crippen molar-refractivity contribution in [3.05, 3.63) is 35.9 Å². The predicted molar refractivity (Wildman–Crippen MR) is 136 cm³/mol. The largest absolute Gasteiger partial charge is 0.467 e. The van der Waals surface area contributed by atoms with Crippen LogP contribution in [0.5, 0.6) is 0 Å². The van der Waals surface area contributed by atoms with E-state index in [1.807, 2.05) is 24.5 Å². The van der Waals surface area contributed by atoms with Gasteiger partial charge < -0.3 is 30.7 Å². The molecule has 36 heavy (non-hydrogen) atoms. The van der Waals surface area contributed by atoms with E-state index in [1.165, 1.54) is 18.9 Å². The molecule has 4 amide bonds. The van der Waals surface area contributed by atoms with Crippen LogP contribution in [0, 0.1) is 0 Å². The number of hydrogen-bond acceptors (Lipinski definition) is 8. The highest BCUT2D eigenvalue weighted by Crippen LogP contribution is 2.07. The van der Waals surface area contributed by atoms with E-state index >= 15 is 0 Å². The average molecular weight is 525 g/mol. The maximum atomic E-state index is 13.0. The zero-order valence-corrected chi connectivity index (χ0v) is 22.2. The monoisotopic (exact) mass is 524 g/mol. The fourth-order valence-corrected chi connectivity index (χ4v) is 3.38. The third-order valence-electron chi connectivity index (χ3n) is 4.59. The van der Waals surface area contributed by atoms with Gasteiger partial charge in [-0.15, -0.1) is 0 Å². The van der Waals surface area contributed by atoms with E-state index in [0.29, 0.717) is 12.2 Å². The molecule has 0 radical (unpaired) electrons. The van der Waals surface area contributed by atoms with Crippen LogP contribution in [-0.4, -0.2) is 79.7 Å². The number of amides is 4. The highest BCUT2D eigenvalue weighted by Gasteiger charge is 2.27. The van der Waals surface area contributed by atoms with E-state index in [0.717, 1.165) is 5.56 Å². The summed E-state index contributed by atoms with van der Waals surface area (Å²) in [5.41, 5.74) is 0.0825. The Morgan fingerprint density at radius 3 is 2.14 bits per heavy atom. The average Bonchev–Trinajstić information content (AvgIpc) is 2.82. The van der Waals surface area contributed by atoms with Gasteiger partial charge in [0.15, 0.2) is 0 Å². The van der Waals surface area contributed by atoms with Crippen LogP contribution >= 0.6 is 11.8 Å². The van der Waals surface area contributed by atoms with Crippen molar-refractivity contribution in [3.8, 4) is 0 Å². The van der Waals surface area contributed by atoms with Crippen LogP contribution in [0.25, 0.3) is 0 Å². The third kappa shape index (κ3) is 13.0. The molecule has 0 saturated heterocycles. The Bertz CT molecular complexity index is 890. The lowest BCUT2D eigenvalue weighted by molar-refractivity contribution is -0.145. The van der Waals surface area contributed by atoms with Gasteiger partial charge in [0.05, 0.1) is 13.7 Å². The second-order valence-corrected chi connectivity index (χ2v) is 9.79. The van der Waals surface area contributed by atoms with E-state index in [1.54, 1.807) is 32.9 Å². The lowest BCUT2D eigenvalue weighted by atomic mass is 10.0. The third-order valence-corrected chi connectivity index (χ3v) is 5.23. The zero-order valence-electron chi connectivity index (χ0n) is 21.3. The fourth-order valence-electron chi connectivity index (χ4n) is 2.91. The zero-order chi connectivity index (χ0) is 27.1. The van der Waals surface area contributed by atoms with Gasteiger partial charge in [-0.25, -0.2) is 9.59 Å². The first kappa shape index (κ1) is 30.8. The van der Waals surface area contributed by atoms with Crippen molar-refractivity contribution in [1.82, 2.24) is 21.3 Å². The van der Waals surface area contributed by atoms with Gasteiger partial charge in [-0.1, -0.05) is 30.3 Å². The summed E-state index contributed by atoms with van der Waals surface area (Å²) in [6, 6.07) is 7.19. The highest BCUT2D eigenvalue weighted by atomic mass is 32.2. The molecule has 11 nitrogen and oxygen atoms in total. The second-order valence-electron chi connectivity index (χ2n) is 8.81. The summed E-state index contributed by atoms with van der Waals surface area (Å²) in [5, 5.41) is 9.92. The SMILES string of the molecule is COC(=O)C(CCSC)NC(=O)C(Cc1ccccc1)NC(=O)CNC(=O)CNC(=O)OC(C)(C)C. The Hall–Kier alpha value is -3.28. The molecule has 4 N–H and O–H groups in total.